The van der Waals surface area contributed by atoms with Crippen molar-refractivity contribution in [2.75, 3.05) is 0 Å². The van der Waals surface area contributed by atoms with Gasteiger partial charge in [-0.1, -0.05) is 55.3 Å². The van der Waals surface area contributed by atoms with Crippen molar-refractivity contribution in [3.8, 4) is 0 Å². The van der Waals surface area contributed by atoms with Crippen LogP contribution in [0.15, 0.2) is 53.3 Å². The van der Waals surface area contributed by atoms with Gasteiger partial charge in [0.05, 0.1) is 18.6 Å². The number of aryl methyl sites for hydroxylation is 2. The molecule has 0 aliphatic heterocycles. The van der Waals surface area contributed by atoms with Gasteiger partial charge in [-0.15, -0.1) is 5.10 Å². The minimum atomic E-state index is -0.0110. The highest BCUT2D eigenvalue weighted by Crippen LogP contribution is 2.27. The average Bonchev–Trinajstić information content (AvgIpc) is 3.50. The monoisotopic (exact) mass is 442 g/mol. The van der Waals surface area contributed by atoms with E-state index in [0.717, 1.165) is 46.3 Å². The molecule has 5 rings (SSSR count). The van der Waals surface area contributed by atoms with Crippen LogP contribution >= 0.6 is 0 Å². The molecule has 0 radical (unpaired) electrons. The third kappa shape index (κ3) is 4.59. The minimum absolute atomic E-state index is 0.0110. The van der Waals surface area contributed by atoms with Crippen LogP contribution in [-0.2, 0) is 19.6 Å². The van der Waals surface area contributed by atoms with Gasteiger partial charge in [0.25, 0.3) is 5.56 Å². The fourth-order valence-corrected chi connectivity index (χ4v) is 4.89. The third-order valence-electron chi connectivity index (χ3n) is 6.97. The van der Waals surface area contributed by atoms with E-state index in [0.29, 0.717) is 25.7 Å². The van der Waals surface area contributed by atoms with Crippen molar-refractivity contribution >= 4 is 10.9 Å². The third-order valence-corrected chi connectivity index (χ3v) is 6.97. The highest BCUT2D eigenvalue weighted by atomic mass is 16.1. The van der Waals surface area contributed by atoms with Crippen LogP contribution in [0.3, 0.4) is 0 Å². The number of pyridine rings is 1. The molecule has 4 aromatic rings. The molecule has 2 aromatic carbocycles. The zero-order chi connectivity index (χ0) is 22.8. The number of aromatic amines is 1. The van der Waals surface area contributed by atoms with E-state index in [9.17, 15) is 4.79 Å². The lowest BCUT2D eigenvalue weighted by atomic mass is 10.0. The topological polar surface area (TPSA) is 79.7 Å². The highest BCUT2D eigenvalue weighted by Gasteiger charge is 2.25. The first kappa shape index (κ1) is 21.5. The summed E-state index contributed by atoms with van der Waals surface area (Å²) in [6.45, 7) is 5.97. The average molecular weight is 443 g/mol. The van der Waals surface area contributed by atoms with Gasteiger partial charge in [0.1, 0.15) is 0 Å². The molecule has 1 aliphatic rings. The SMILES string of the molecule is Cc1ccc2cc(CN(Cc3nnnn3Cc3ccccc3)C3CCCC3)c(=O)[nH]c2c1C. The van der Waals surface area contributed by atoms with Crippen molar-refractivity contribution in [1.29, 1.82) is 0 Å². The summed E-state index contributed by atoms with van der Waals surface area (Å²) >= 11 is 0. The molecule has 0 amide bonds. The van der Waals surface area contributed by atoms with E-state index >= 15 is 0 Å². The van der Waals surface area contributed by atoms with E-state index in [2.05, 4.69) is 69.6 Å². The predicted octanol–water partition coefficient (Wildman–Crippen LogP) is 4.12. The van der Waals surface area contributed by atoms with Crippen LogP contribution < -0.4 is 5.56 Å². The Morgan fingerprint density at radius 1 is 1.06 bits per heavy atom. The molecule has 0 bridgehead atoms. The van der Waals surface area contributed by atoms with E-state index < -0.39 is 0 Å². The van der Waals surface area contributed by atoms with Crippen LogP contribution in [0.5, 0.6) is 0 Å². The molecule has 1 saturated carbocycles. The molecule has 2 heterocycles. The molecular weight excluding hydrogens is 412 g/mol. The van der Waals surface area contributed by atoms with E-state index in [1.807, 2.05) is 22.9 Å². The summed E-state index contributed by atoms with van der Waals surface area (Å²) < 4.78 is 1.87. The van der Waals surface area contributed by atoms with Gasteiger partial charge in [0.2, 0.25) is 0 Å². The largest absolute Gasteiger partial charge is 0.321 e. The van der Waals surface area contributed by atoms with Crippen LogP contribution in [-0.4, -0.2) is 36.1 Å². The van der Waals surface area contributed by atoms with Gasteiger partial charge in [0.15, 0.2) is 5.82 Å². The second-order valence-corrected chi connectivity index (χ2v) is 9.18. The number of hydrogen-bond acceptors (Lipinski definition) is 5. The normalized spacial score (nSPS) is 14.5. The number of aromatic nitrogens is 5. The molecule has 7 heteroatoms. The first-order valence-corrected chi connectivity index (χ1v) is 11.7. The number of benzene rings is 2. The number of hydrogen-bond donors (Lipinski definition) is 1. The van der Waals surface area contributed by atoms with E-state index in [4.69, 9.17) is 0 Å². The Kier molecular flexibility index (Phi) is 6.05. The quantitative estimate of drug-likeness (QED) is 0.466. The molecule has 33 heavy (non-hydrogen) atoms. The number of nitrogens with zero attached hydrogens (tertiary/aromatic N) is 5. The molecular formula is C26H30N6O. The maximum Gasteiger partial charge on any atom is 0.252 e. The standard InChI is InChI=1S/C26H30N6O/c1-18-12-13-21-14-22(26(33)27-25(21)19(18)2)16-31(23-10-6-7-11-23)17-24-28-29-30-32(24)15-20-8-4-3-5-9-20/h3-5,8-9,12-14,23H,6-7,10-11,15-17H2,1-2H3,(H,27,33). The summed E-state index contributed by atoms with van der Waals surface area (Å²) in [5.74, 6) is 0.828. The van der Waals surface area contributed by atoms with E-state index in [1.54, 1.807) is 0 Å². The fourth-order valence-electron chi connectivity index (χ4n) is 4.89. The summed E-state index contributed by atoms with van der Waals surface area (Å²) in [4.78, 5) is 18.6. The van der Waals surface area contributed by atoms with Crippen molar-refractivity contribution in [3.05, 3.63) is 87.0 Å². The zero-order valence-corrected chi connectivity index (χ0v) is 19.3. The number of H-pyrrole nitrogens is 1. The number of nitrogens with one attached hydrogen (secondary N) is 1. The lowest BCUT2D eigenvalue weighted by molar-refractivity contribution is 0.172. The smallest absolute Gasteiger partial charge is 0.252 e. The van der Waals surface area contributed by atoms with Gasteiger partial charge in [-0.25, -0.2) is 4.68 Å². The Labute approximate surface area is 193 Å². The molecule has 7 nitrogen and oxygen atoms in total. The second kappa shape index (κ2) is 9.27. The molecule has 1 aliphatic carbocycles. The van der Waals surface area contributed by atoms with E-state index in [1.165, 1.54) is 18.4 Å². The summed E-state index contributed by atoms with van der Waals surface area (Å²) in [5.41, 5.74) is 5.19. The van der Waals surface area contributed by atoms with Crippen molar-refractivity contribution < 1.29 is 0 Å². The molecule has 170 valence electrons. The zero-order valence-electron chi connectivity index (χ0n) is 19.3. The Bertz CT molecular complexity index is 1300. The number of tetrazole rings is 1. The summed E-state index contributed by atoms with van der Waals surface area (Å²) in [6.07, 6.45) is 4.74. The van der Waals surface area contributed by atoms with Crippen LogP contribution in [0.4, 0.5) is 0 Å². The fraction of sp³-hybridized carbons (Fsp3) is 0.385. The van der Waals surface area contributed by atoms with Crippen molar-refractivity contribution in [2.45, 2.75) is 65.2 Å². The van der Waals surface area contributed by atoms with Crippen LogP contribution in [0.2, 0.25) is 0 Å². The molecule has 0 saturated heterocycles. The second-order valence-electron chi connectivity index (χ2n) is 9.18. The Balaban J connectivity index is 1.43. The Hall–Kier alpha value is -3.32. The van der Waals surface area contributed by atoms with Gasteiger partial charge < -0.3 is 4.98 Å². The van der Waals surface area contributed by atoms with Gasteiger partial charge in [0, 0.05) is 18.2 Å². The van der Waals surface area contributed by atoms with Crippen molar-refractivity contribution in [3.63, 3.8) is 0 Å². The van der Waals surface area contributed by atoms with Gasteiger partial charge in [-0.05, 0) is 65.3 Å². The van der Waals surface area contributed by atoms with Crippen molar-refractivity contribution in [2.24, 2.45) is 0 Å². The Morgan fingerprint density at radius 3 is 2.64 bits per heavy atom. The molecule has 1 fully saturated rings. The van der Waals surface area contributed by atoms with Crippen molar-refractivity contribution in [1.82, 2.24) is 30.1 Å². The first-order chi connectivity index (χ1) is 16.1. The highest BCUT2D eigenvalue weighted by molar-refractivity contribution is 5.83. The van der Waals surface area contributed by atoms with Gasteiger partial charge in [-0.2, -0.15) is 0 Å². The predicted molar refractivity (Wildman–Crippen MR) is 129 cm³/mol. The summed E-state index contributed by atoms with van der Waals surface area (Å²) in [7, 11) is 0. The molecule has 0 unspecified atom stereocenters. The Morgan fingerprint density at radius 2 is 1.85 bits per heavy atom. The van der Waals surface area contributed by atoms with Crippen LogP contribution in [0, 0.1) is 13.8 Å². The summed E-state index contributed by atoms with van der Waals surface area (Å²) in [6, 6.07) is 16.9. The molecule has 2 aromatic heterocycles. The minimum Gasteiger partial charge on any atom is -0.321 e. The van der Waals surface area contributed by atoms with Gasteiger partial charge in [-0.3, -0.25) is 9.69 Å². The molecule has 0 atom stereocenters. The number of fused-ring (bicyclic) bond motifs is 1. The maximum absolute atomic E-state index is 13.0. The van der Waals surface area contributed by atoms with Crippen LogP contribution in [0.25, 0.3) is 10.9 Å². The first-order valence-electron chi connectivity index (χ1n) is 11.7. The summed E-state index contributed by atoms with van der Waals surface area (Å²) in [5, 5.41) is 13.6. The lowest BCUT2D eigenvalue weighted by Crippen LogP contribution is -2.35. The van der Waals surface area contributed by atoms with E-state index in [-0.39, 0.29) is 5.56 Å². The maximum atomic E-state index is 13.0. The van der Waals surface area contributed by atoms with Gasteiger partial charge >= 0.3 is 0 Å². The van der Waals surface area contributed by atoms with Crippen LogP contribution in [0.1, 0.15) is 53.8 Å². The lowest BCUT2D eigenvalue weighted by Gasteiger charge is -2.28. The number of rotatable bonds is 7. The molecule has 0 spiro atoms. The molecule has 1 N–H and O–H groups in total.